The van der Waals surface area contributed by atoms with Crippen molar-refractivity contribution < 1.29 is 18.3 Å². The molecule has 0 fully saturated rings. The molecule has 0 aliphatic carbocycles. The van der Waals surface area contributed by atoms with Crippen LogP contribution >= 0.6 is 0 Å². The predicted octanol–water partition coefficient (Wildman–Crippen LogP) is 2.90. The molecular weight excluding hydrogens is 252 g/mol. The van der Waals surface area contributed by atoms with Gasteiger partial charge in [-0.1, -0.05) is 13.3 Å². The summed E-state index contributed by atoms with van der Waals surface area (Å²) in [4.78, 5) is 11.6. The van der Waals surface area contributed by atoms with Crippen molar-refractivity contribution in [3.05, 3.63) is 35.4 Å². The van der Waals surface area contributed by atoms with Crippen molar-refractivity contribution in [1.29, 1.82) is 0 Å². The molecule has 5 heteroatoms. The smallest absolute Gasteiger partial charge is 0.254 e. The van der Waals surface area contributed by atoms with E-state index < -0.39 is 17.5 Å². The second kappa shape index (κ2) is 8.58. The zero-order valence-corrected chi connectivity index (χ0v) is 11.0. The van der Waals surface area contributed by atoms with Crippen LogP contribution in [0.5, 0.6) is 0 Å². The Hall–Kier alpha value is -1.49. The summed E-state index contributed by atoms with van der Waals surface area (Å²) < 4.78 is 31.3. The van der Waals surface area contributed by atoms with Crippen LogP contribution in [-0.2, 0) is 4.74 Å². The molecule has 0 atom stereocenters. The molecule has 0 unspecified atom stereocenters. The first-order valence-corrected chi connectivity index (χ1v) is 6.46. The van der Waals surface area contributed by atoms with Crippen molar-refractivity contribution >= 4 is 5.91 Å². The van der Waals surface area contributed by atoms with E-state index in [4.69, 9.17) is 4.74 Å². The minimum Gasteiger partial charge on any atom is -0.381 e. The molecule has 3 nitrogen and oxygen atoms in total. The highest BCUT2D eigenvalue weighted by atomic mass is 19.1. The second-order valence-corrected chi connectivity index (χ2v) is 4.20. The van der Waals surface area contributed by atoms with Crippen LogP contribution in [0.25, 0.3) is 0 Å². The third kappa shape index (κ3) is 5.79. The number of nitrogens with one attached hydrogen (secondary N) is 1. The Kier molecular flexibility index (Phi) is 7.03. The molecule has 0 saturated heterocycles. The number of halogens is 2. The van der Waals surface area contributed by atoms with Crippen LogP contribution in [0.3, 0.4) is 0 Å². The third-order valence-electron chi connectivity index (χ3n) is 2.57. The van der Waals surface area contributed by atoms with Gasteiger partial charge in [-0.15, -0.1) is 0 Å². The lowest BCUT2D eigenvalue weighted by atomic mass is 10.2. The first-order chi connectivity index (χ1) is 9.15. The fraction of sp³-hybridized carbons (Fsp3) is 0.500. The van der Waals surface area contributed by atoms with Crippen molar-refractivity contribution in [2.24, 2.45) is 0 Å². The van der Waals surface area contributed by atoms with E-state index in [1.54, 1.807) is 0 Å². The molecule has 1 N–H and O–H groups in total. The van der Waals surface area contributed by atoms with Crippen molar-refractivity contribution in [2.45, 2.75) is 26.2 Å². The maximum absolute atomic E-state index is 13.3. The normalized spacial score (nSPS) is 10.5. The summed E-state index contributed by atoms with van der Waals surface area (Å²) in [6.07, 6.45) is 2.77. The molecule has 1 aromatic rings. The molecule has 0 spiro atoms. The fourth-order valence-electron chi connectivity index (χ4n) is 1.49. The minimum atomic E-state index is -0.850. The Balaban J connectivity index is 2.24. The third-order valence-corrected chi connectivity index (χ3v) is 2.57. The van der Waals surface area contributed by atoms with Gasteiger partial charge in [0.25, 0.3) is 5.91 Å². The van der Waals surface area contributed by atoms with Gasteiger partial charge in [-0.3, -0.25) is 4.79 Å². The van der Waals surface area contributed by atoms with Gasteiger partial charge in [-0.05, 0) is 25.0 Å². The maximum Gasteiger partial charge on any atom is 0.254 e. The average Bonchev–Trinajstić information content (AvgIpc) is 2.37. The number of hydrogen-bond donors (Lipinski definition) is 1. The first-order valence-electron chi connectivity index (χ1n) is 6.46. The molecule has 0 bridgehead atoms. The average molecular weight is 271 g/mol. The van der Waals surface area contributed by atoms with Gasteiger partial charge >= 0.3 is 0 Å². The number of carbonyl (C=O) groups is 1. The van der Waals surface area contributed by atoms with E-state index in [0.717, 1.165) is 31.6 Å². The lowest BCUT2D eigenvalue weighted by Gasteiger charge is -2.06. The van der Waals surface area contributed by atoms with E-state index in [0.29, 0.717) is 25.6 Å². The predicted molar refractivity (Wildman–Crippen MR) is 69.0 cm³/mol. The lowest BCUT2D eigenvalue weighted by molar-refractivity contribution is 0.0936. The molecule has 19 heavy (non-hydrogen) atoms. The number of rotatable bonds is 8. The summed E-state index contributed by atoms with van der Waals surface area (Å²) in [7, 11) is 0. The molecule has 1 rings (SSSR count). The van der Waals surface area contributed by atoms with Crippen LogP contribution in [0.15, 0.2) is 18.2 Å². The van der Waals surface area contributed by atoms with E-state index in [1.807, 2.05) is 0 Å². The van der Waals surface area contributed by atoms with Crippen molar-refractivity contribution in [1.82, 2.24) is 5.32 Å². The maximum atomic E-state index is 13.3. The highest BCUT2D eigenvalue weighted by Gasteiger charge is 2.11. The molecule has 1 amide bonds. The summed E-state index contributed by atoms with van der Waals surface area (Å²) in [6, 6.07) is 2.90. The van der Waals surface area contributed by atoms with Crippen LogP contribution in [0.2, 0.25) is 0 Å². The highest BCUT2D eigenvalue weighted by Crippen LogP contribution is 2.09. The van der Waals surface area contributed by atoms with Gasteiger partial charge in [0.1, 0.15) is 11.6 Å². The number of benzene rings is 1. The molecule has 0 aromatic heterocycles. The van der Waals surface area contributed by atoms with Crippen LogP contribution in [0.1, 0.15) is 36.5 Å². The largest absolute Gasteiger partial charge is 0.381 e. The SMILES string of the molecule is CCCCOCCCNC(=O)c1ccc(F)cc1F. The van der Waals surface area contributed by atoms with E-state index in [-0.39, 0.29) is 5.56 Å². The first kappa shape index (κ1) is 15.6. The molecule has 0 aliphatic rings. The van der Waals surface area contributed by atoms with E-state index >= 15 is 0 Å². The van der Waals surface area contributed by atoms with Crippen molar-refractivity contribution in [2.75, 3.05) is 19.8 Å². The number of hydrogen-bond acceptors (Lipinski definition) is 2. The number of amides is 1. The fourth-order valence-corrected chi connectivity index (χ4v) is 1.49. The van der Waals surface area contributed by atoms with Gasteiger partial charge < -0.3 is 10.1 Å². The number of carbonyl (C=O) groups excluding carboxylic acids is 1. The minimum absolute atomic E-state index is 0.145. The summed E-state index contributed by atoms with van der Waals surface area (Å²) in [5, 5.41) is 2.57. The van der Waals surface area contributed by atoms with E-state index in [2.05, 4.69) is 12.2 Å². The summed E-state index contributed by atoms with van der Waals surface area (Å²) in [5.41, 5.74) is -0.145. The Bertz CT molecular complexity index is 410. The van der Waals surface area contributed by atoms with Crippen LogP contribution in [0.4, 0.5) is 8.78 Å². The summed E-state index contributed by atoms with van der Waals surface area (Å²) >= 11 is 0. The van der Waals surface area contributed by atoms with Gasteiger partial charge in [-0.25, -0.2) is 8.78 Å². The molecule has 1 aromatic carbocycles. The van der Waals surface area contributed by atoms with Crippen molar-refractivity contribution in [3.63, 3.8) is 0 Å². The van der Waals surface area contributed by atoms with Gasteiger partial charge in [0.05, 0.1) is 5.56 Å². The van der Waals surface area contributed by atoms with Gasteiger partial charge in [0, 0.05) is 25.8 Å². The standard InChI is InChI=1S/C14H19F2NO2/c1-2-3-8-19-9-4-7-17-14(18)12-6-5-11(15)10-13(12)16/h5-6,10H,2-4,7-9H2,1H3,(H,17,18). The van der Waals surface area contributed by atoms with Crippen LogP contribution in [-0.4, -0.2) is 25.7 Å². The molecular formula is C14H19F2NO2. The van der Waals surface area contributed by atoms with Gasteiger partial charge in [0.15, 0.2) is 0 Å². The number of unbranched alkanes of at least 4 members (excludes halogenated alkanes) is 1. The van der Waals surface area contributed by atoms with Gasteiger partial charge in [-0.2, -0.15) is 0 Å². The Morgan fingerprint density at radius 1 is 1.26 bits per heavy atom. The topological polar surface area (TPSA) is 38.3 Å². The highest BCUT2D eigenvalue weighted by molar-refractivity contribution is 5.94. The van der Waals surface area contributed by atoms with Crippen LogP contribution in [0, 0.1) is 11.6 Å². The molecule has 0 radical (unpaired) electrons. The van der Waals surface area contributed by atoms with E-state index in [9.17, 15) is 13.6 Å². The zero-order valence-electron chi connectivity index (χ0n) is 11.0. The number of ether oxygens (including phenoxy) is 1. The monoisotopic (exact) mass is 271 g/mol. The molecule has 0 saturated carbocycles. The molecule has 106 valence electrons. The van der Waals surface area contributed by atoms with Crippen LogP contribution < -0.4 is 5.32 Å². The van der Waals surface area contributed by atoms with E-state index in [1.165, 1.54) is 0 Å². The quantitative estimate of drug-likeness (QED) is 0.738. The Morgan fingerprint density at radius 2 is 2.00 bits per heavy atom. The second-order valence-electron chi connectivity index (χ2n) is 4.20. The lowest BCUT2D eigenvalue weighted by Crippen LogP contribution is -2.26. The molecule has 0 heterocycles. The zero-order chi connectivity index (χ0) is 14.1. The Labute approximate surface area is 112 Å². The summed E-state index contributed by atoms with van der Waals surface area (Å²) in [6.45, 7) is 3.77. The van der Waals surface area contributed by atoms with Crippen molar-refractivity contribution in [3.8, 4) is 0 Å². The van der Waals surface area contributed by atoms with Gasteiger partial charge in [0.2, 0.25) is 0 Å². The molecule has 0 aliphatic heterocycles. The Morgan fingerprint density at radius 3 is 2.68 bits per heavy atom. The summed E-state index contributed by atoms with van der Waals surface area (Å²) in [5.74, 6) is -2.08.